The molecule has 34 heavy (non-hydrogen) atoms. The van der Waals surface area contributed by atoms with Gasteiger partial charge >= 0.3 is 0 Å². The third-order valence-electron chi connectivity index (χ3n) is 5.48. The van der Waals surface area contributed by atoms with Gasteiger partial charge in [-0.15, -0.1) is 0 Å². The second kappa shape index (κ2) is 9.56. The van der Waals surface area contributed by atoms with Gasteiger partial charge in [0.2, 0.25) is 6.41 Å². The summed E-state index contributed by atoms with van der Waals surface area (Å²) in [6.45, 7) is 9.42. The quantitative estimate of drug-likeness (QED) is 0.467. The number of imide groups is 1. The number of nitrogens with one attached hydrogen (secondary N) is 1. The maximum atomic E-state index is 13.5. The van der Waals surface area contributed by atoms with E-state index in [0.29, 0.717) is 17.5 Å². The number of benzene rings is 2. The normalized spacial score (nSPS) is 11.7. The van der Waals surface area contributed by atoms with Crippen LogP contribution in [0.4, 0.5) is 11.4 Å². The molecule has 9 heteroatoms. The number of aryl methyl sites for hydroxylation is 1. The molecule has 2 amide bonds. The van der Waals surface area contributed by atoms with Crippen LogP contribution in [0.1, 0.15) is 47.8 Å². The van der Waals surface area contributed by atoms with E-state index in [0.717, 1.165) is 10.5 Å². The molecule has 0 aliphatic rings. The van der Waals surface area contributed by atoms with Crippen molar-refractivity contribution < 1.29 is 18.0 Å². The van der Waals surface area contributed by atoms with Gasteiger partial charge in [0.25, 0.3) is 15.9 Å². The third-order valence-corrected chi connectivity index (χ3v) is 7.27. The number of amides is 2. The van der Waals surface area contributed by atoms with Crippen LogP contribution in [0.5, 0.6) is 0 Å². The lowest BCUT2D eigenvalue weighted by atomic mass is 9.87. The van der Waals surface area contributed by atoms with E-state index in [2.05, 4.69) is 9.71 Å². The van der Waals surface area contributed by atoms with Crippen molar-refractivity contribution in [2.45, 2.75) is 44.9 Å². The summed E-state index contributed by atoms with van der Waals surface area (Å²) in [5, 5.41) is 0.259. The molecule has 0 saturated heterocycles. The van der Waals surface area contributed by atoms with Gasteiger partial charge in [-0.1, -0.05) is 44.5 Å². The smallest absolute Gasteiger partial charge is 0.267 e. The van der Waals surface area contributed by atoms with Gasteiger partial charge in [0.1, 0.15) is 0 Å². The first kappa shape index (κ1) is 25.4. The predicted molar refractivity (Wildman–Crippen MR) is 134 cm³/mol. The Kier molecular flexibility index (Phi) is 7.14. The number of hydrogen-bond acceptors (Lipinski definition) is 5. The molecular weight excluding hydrogens is 474 g/mol. The van der Waals surface area contributed by atoms with E-state index in [1.807, 2.05) is 20.8 Å². The monoisotopic (exact) mass is 499 g/mol. The molecule has 178 valence electrons. The molecule has 3 aromatic rings. The fourth-order valence-electron chi connectivity index (χ4n) is 3.43. The topological polar surface area (TPSA) is 96.4 Å². The lowest BCUT2D eigenvalue weighted by molar-refractivity contribution is -0.106. The Morgan fingerprint density at radius 3 is 2.26 bits per heavy atom. The molecule has 1 heterocycles. The predicted octanol–water partition coefficient (Wildman–Crippen LogP) is 5.25. The molecule has 0 radical (unpaired) electrons. The highest BCUT2D eigenvalue weighted by atomic mass is 35.5. The van der Waals surface area contributed by atoms with Crippen molar-refractivity contribution >= 4 is 45.3 Å². The molecule has 0 atom stereocenters. The number of halogens is 1. The zero-order valence-corrected chi connectivity index (χ0v) is 21.2. The van der Waals surface area contributed by atoms with Gasteiger partial charge in [0.05, 0.1) is 28.0 Å². The highest BCUT2D eigenvalue weighted by molar-refractivity contribution is 7.92. The fourth-order valence-corrected chi connectivity index (χ4v) is 4.66. The van der Waals surface area contributed by atoms with E-state index in [4.69, 9.17) is 11.6 Å². The summed E-state index contributed by atoms with van der Waals surface area (Å²) in [6, 6.07) is 11.1. The van der Waals surface area contributed by atoms with Crippen LogP contribution in [0, 0.1) is 13.8 Å². The number of nitrogens with zero attached hydrogens (tertiary/aromatic N) is 2. The zero-order chi connectivity index (χ0) is 25.3. The van der Waals surface area contributed by atoms with E-state index in [9.17, 15) is 18.0 Å². The molecule has 0 spiro atoms. The van der Waals surface area contributed by atoms with Crippen LogP contribution >= 0.6 is 11.6 Å². The summed E-state index contributed by atoms with van der Waals surface area (Å²) in [7, 11) is -4.03. The van der Waals surface area contributed by atoms with Crippen LogP contribution in [0.25, 0.3) is 0 Å². The minimum atomic E-state index is -4.03. The molecule has 0 fully saturated rings. The molecular formula is C25H26ClN3O4S. The number of hydrogen-bond donors (Lipinski definition) is 1. The van der Waals surface area contributed by atoms with E-state index >= 15 is 0 Å². The van der Waals surface area contributed by atoms with Crippen molar-refractivity contribution in [3.05, 3.63) is 82.1 Å². The lowest BCUT2D eigenvalue weighted by Crippen LogP contribution is -2.32. The molecule has 1 aromatic heterocycles. The number of carbonyl (C=O) groups excluding carboxylic acids is 2. The Labute approximate surface area is 204 Å². The first-order chi connectivity index (χ1) is 15.9. The second-order valence-electron chi connectivity index (χ2n) is 8.92. The summed E-state index contributed by atoms with van der Waals surface area (Å²) in [4.78, 5) is 30.3. The highest BCUT2D eigenvalue weighted by Crippen LogP contribution is 2.31. The Morgan fingerprint density at radius 2 is 1.71 bits per heavy atom. The number of aromatic nitrogens is 1. The van der Waals surface area contributed by atoms with Crippen molar-refractivity contribution in [1.29, 1.82) is 0 Å². The average molecular weight is 500 g/mol. The molecule has 2 aromatic carbocycles. The van der Waals surface area contributed by atoms with Gasteiger partial charge in [-0.2, -0.15) is 0 Å². The largest absolute Gasteiger partial charge is 0.279 e. The lowest BCUT2D eigenvalue weighted by Gasteiger charge is -2.22. The van der Waals surface area contributed by atoms with Gasteiger partial charge < -0.3 is 0 Å². The molecule has 0 unspecified atom stereocenters. The number of anilines is 2. The second-order valence-corrected chi connectivity index (χ2v) is 11.0. The summed E-state index contributed by atoms with van der Waals surface area (Å²) in [6.07, 6.45) is 3.31. The Bertz CT molecular complexity index is 1350. The Balaban J connectivity index is 2.06. The first-order valence-electron chi connectivity index (χ1n) is 10.5. The fraction of sp³-hybridized carbons (Fsp3) is 0.240. The maximum absolute atomic E-state index is 13.5. The van der Waals surface area contributed by atoms with Gasteiger partial charge in [0, 0.05) is 11.2 Å². The van der Waals surface area contributed by atoms with Gasteiger partial charge in [-0.3, -0.25) is 19.3 Å². The Morgan fingerprint density at radius 1 is 1.06 bits per heavy atom. The van der Waals surface area contributed by atoms with Crippen LogP contribution in [-0.4, -0.2) is 25.7 Å². The number of sulfonamides is 1. The SMILES string of the molecule is Cc1ccncc1N(C=O)C(=O)c1c(NS(=O)(=O)c2ccc(C(C)(C)C)cc2)ccc(Cl)c1C. The van der Waals surface area contributed by atoms with E-state index in [1.54, 1.807) is 38.2 Å². The van der Waals surface area contributed by atoms with Crippen LogP contribution in [0.3, 0.4) is 0 Å². The summed E-state index contributed by atoms with van der Waals surface area (Å²) in [5.41, 5.74) is 2.11. The van der Waals surface area contributed by atoms with E-state index < -0.39 is 15.9 Å². The number of pyridine rings is 1. The van der Waals surface area contributed by atoms with Gasteiger partial charge in [-0.05, 0) is 66.3 Å². The molecule has 0 bridgehead atoms. The van der Waals surface area contributed by atoms with Crippen molar-refractivity contribution in [2.24, 2.45) is 0 Å². The summed E-state index contributed by atoms with van der Waals surface area (Å²) >= 11 is 6.25. The summed E-state index contributed by atoms with van der Waals surface area (Å²) in [5.74, 6) is -0.730. The first-order valence-corrected chi connectivity index (χ1v) is 12.3. The summed E-state index contributed by atoms with van der Waals surface area (Å²) < 4.78 is 28.8. The number of rotatable bonds is 6. The minimum Gasteiger partial charge on any atom is -0.279 e. The van der Waals surface area contributed by atoms with E-state index in [-0.39, 0.29) is 32.3 Å². The van der Waals surface area contributed by atoms with Crippen molar-refractivity contribution in [3.8, 4) is 0 Å². The molecule has 3 rings (SSSR count). The van der Waals surface area contributed by atoms with Gasteiger partial charge in [-0.25, -0.2) is 13.3 Å². The van der Waals surface area contributed by atoms with Crippen LogP contribution in [-0.2, 0) is 20.2 Å². The van der Waals surface area contributed by atoms with Crippen LogP contribution in [0.2, 0.25) is 5.02 Å². The molecule has 1 N–H and O–H groups in total. The molecule has 0 aliphatic heterocycles. The molecule has 7 nitrogen and oxygen atoms in total. The van der Waals surface area contributed by atoms with Gasteiger partial charge in [0.15, 0.2) is 0 Å². The van der Waals surface area contributed by atoms with E-state index in [1.165, 1.54) is 30.5 Å². The maximum Gasteiger partial charge on any atom is 0.267 e. The Hall–Kier alpha value is -3.23. The highest BCUT2D eigenvalue weighted by Gasteiger charge is 2.27. The average Bonchev–Trinajstić information content (AvgIpc) is 2.77. The molecule has 0 aliphatic carbocycles. The van der Waals surface area contributed by atoms with Crippen LogP contribution in [0.15, 0.2) is 59.8 Å². The van der Waals surface area contributed by atoms with Crippen molar-refractivity contribution in [2.75, 3.05) is 9.62 Å². The molecule has 0 saturated carbocycles. The zero-order valence-electron chi connectivity index (χ0n) is 19.6. The van der Waals surface area contributed by atoms with Crippen LogP contribution < -0.4 is 9.62 Å². The third kappa shape index (κ3) is 5.13. The van der Waals surface area contributed by atoms with Crippen molar-refractivity contribution in [1.82, 2.24) is 4.98 Å². The number of carbonyl (C=O) groups is 2. The minimum absolute atomic E-state index is 0.0141. The standard InChI is InChI=1S/C25H26ClN3O4S/c1-16-12-13-27-14-22(16)29(15-30)24(31)23-17(2)20(26)10-11-21(23)28-34(32,33)19-8-6-18(7-9-19)25(3,4)5/h6-15,28H,1-5H3. The van der Waals surface area contributed by atoms with Crippen molar-refractivity contribution in [3.63, 3.8) is 0 Å².